The van der Waals surface area contributed by atoms with E-state index in [1.807, 2.05) is 48.5 Å². The number of nitrogens with two attached hydrogens (primary N) is 1. The second kappa shape index (κ2) is 6.04. The number of nitrogens with one attached hydrogen (secondary N) is 1. The third kappa shape index (κ3) is 2.94. The number of ether oxygens (including phenoxy) is 1. The zero-order valence-electron chi connectivity index (χ0n) is 12.5. The van der Waals surface area contributed by atoms with Crippen LogP contribution >= 0.6 is 15.9 Å². The minimum atomic E-state index is -1.08. The van der Waals surface area contributed by atoms with Gasteiger partial charge in [-0.3, -0.25) is 10.1 Å². The molecule has 0 unspecified atom stereocenters. The summed E-state index contributed by atoms with van der Waals surface area (Å²) in [6, 6.07) is 15.2. The zero-order valence-corrected chi connectivity index (χ0v) is 14.1. The van der Waals surface area contributed by atoms with Gasteiger partial charge in [0.15, 0.2) is 11.5 Å². The van der Waals surface area contributed by atoms with Crippen LogP contribution in [0.5, 0.6) is 5.75 Å². The molecule has 0 aliphatic carbocycles. The molecule has 0 bridgehead atoms. The van der Waals surface area contributed by atoms with Crippen molar-refractivity contribution >= 4 is 27.8 Å². The molecule has 0 saturated heterocycles. The van der Waals surface area contributed by atoms with Crippen molar-refractivity contribution in [2.24, 2.45) is 10.7 Å². The fourth-order valence-electron chi connectivity index (χ4n) is 2.70. The molecular formula is C17H16BrN3O2. The van der Waals surface area contributed by atoms with Crippen molar-refractivity contribution in [3.8, 4) is 5.75 Å². The van der Waals surface area contributed by atoms with Crippen LogP contribution < -0.4 is 15.8 Å². The Morgan fingerprint density at radius 3 is 2.61 bits per heavy atom. The van der Waals surface area contributed by atoms with Crippen molar-refractivity contribution in [2.45, 2.75) is 12.0 Å². The van der Waals surface area contributed by atoms with Gasteiger partial charge in [-0.2, -0.15) is 0 Å². The number of carbonyl (C=O) groups is 1. The highest BCUT2D eigenvalue weighted by atomic mass is 79.9. The Balaban J connectivity index is 2.08. The third-order valence-electron chi connectivity index (χ3n) is 3.85. The van der Waals surface area contributed by atoms with Crippen molar-refractivity contribution in [3.05, 3.63) is 64.1 Å². The Kier molecular flexibility index (Phi) is 4.09. The van der Waals surface area contributed by atoms with E-state index in [-0.39, 0.29) is 11.9 Å². The molecule has 118 valence electrons. The number of aliphatic imine (C=N–C) groups is 1. The van der Waals surface area contributed by atoms with Crippen LogP contribution in [-0.2, 0) is 16.8 Å². The smallest absolute Gasteiger partial charge is 0.259 e. The number of guanidine groups is 1. The summed E-state index contributed by atoms with van der Waals surface area (Å²) in [6.07, 6.45) is 0.417. The molecule has 3 N–H and O–H groups in total. The van der Waals surface area contributed by atoms with Gasteiger partial charge < -0.3 is 10.5 Å². The van der Waals surface area contributed by atoms with E-state index in [0.29, 0.717) is 12.2 Å². The average Bonchev–Trinajstić information content (AvgIpc) is 2.84. The number of nitrogens with zero attached hydrogens (tertiary/aromatic N) is 1. The van der Waals surface area contributed by atoms with Crippen LogP contribution in [0.4, 0.5) is 0 Å². The van der Waals surface area contributed by atoms with Gasteiger partial charge in [-0.1, -0.05) is 40.2 Å². The maximum absolute atomic E-state index is 12.6. The molecule has 1 heterocycles. The molecule has 2 aromatic rings. The summed E-state index contributed by atoms with van der Waals surface area (Å²) in [5.74, 6) is 0.576. The molecule has 0 fully saturated rings. The maximum Gasteiger partial charge on any atom is 0.259 e. The summed E-state index contributed by atoms with van der Waals surface area (Å²) < 4.78 is 6.25. The minimum Gasteiger partial charge on any atom is -0.497 e. The van der Waals surface area contributed by atoms with E-state index < -0.39 is 5.54 Å². The highest BCUT2D eigenvalue weighted by Gasteiger charge is 2.45. The first-order valence-corrected chi connectivity index (χ1v) is 7.88. The Hall–Kier alpha value is -2.34. The number of halogens is 1. The van der Waals surface area contributed by atoms with Gasteiger partial charge in [-0.05, 0) is 35.4 Å². The number of carbonyl (C=O) groups excluding carboxylic acids is 1. The van der Waals surface area contributed by atoms with Crippen LogP contribution in [0.1, 0.15) is 11.1 Å². The lowest BCUT2D eigenvalue weighted by Gasteiger charge is -2.24. The first-order chi connectivity index (χ1) is 11.0. The van der Waals surface area contributed by atoms with Crippen LogP contribution in [0.25, 0.3) is 0 Å². The van der Waals surface area contributed by atoms with Crippen LogP contribution in [0.15, 0.2) is 58.0 Å². The fraction of sp³-hybridized carbons (Fsp3) is 0.176. The molecule has 23 heavy (non-hydrogen) atoms. The molecule has 5 nitrogen and oxygen atoms in total. The predicted molar refractivity (Wildman–Crippen MR) is 92.3 cm³/mol. The van der Waals surface area contributed by atoms with Crippen LogP contribution in [0.2, 0.25) is 0 Å². The van der Waals surface area contributed by atoms with E-state index in [4.69, 9.17) is 10.5 Å². The molecule has 2 aromatic carbocycles. The van der Waals surface area contributed by atoms with E-state index in [1.54, 1.807) is 7.11 Å². The normalized spacial score (nSPS) is 20.1. The highest BCUT2D eigenvalue weighted by Crippen LogP contribution is 2.35. The van der Waals surface area contributed by atoms with Crippen molar-refractivity contribution in [2.75, 3.05) is 7.11 Å². The molecule has 0 aromatic heterocycles. The van der Waals surface area contributed by atoms with Crippen molar-refractivity contribution in [1.29, 1.82) is 0 Å². The Morgan fingerprint density at radius 2 is 2.00 bits per heavy atom. The Morgan fingerprint density at radius 1 is 1.26 bits per heavy atom. The third-order valence-corrected chi connectivity index (χ3v) is 4.38. The van der Waals surface area contributed by atoms with Crippen molar-refractivity contribution in [1.82, 2.24) is 5.32 Å². The molecule has 1 aliphatic rings. The Bertz CT molecular complexity index is 774. The lowest BCUT2D eigenvalue weighted by atomic mass is 9.84. The average molecular weight is 374 g/mol. The molecule has 1 aliphatic heterocycles. The van der Waals surface area contributed by atoms with E-state index in [1.165, 1.54) is 0 Å². The molecule has 1 atom stereocenters. The van der Waals surface area contributed by atoms with Gasteiger partial charge >= 0.3 is 0 Å². The van der Waals surface area contributed by atoms with E-state index in [2.05, 4.69) is 26.2 Å². The molecule has 0 saturated carbocycles. The van der Waals surface area contributed by atoms with Gasteiger partial charge in [-0.15, -0.1) is 0 Å². The monoisotopic (exact) mass is 373 g/mol. The quantitative estimate of drug-likeness (QED) is 0.863. The number of rotatable bonds is 4. The number of methoxy groups -OCH3 is 1. The lowest BCUT2D eigenvalue weighted by molar-refractivity contribution is -0.124. The van der Waals surface area contributed by atoms with E-state index in [9.17, 15) is 4.79 Å². The molecule has 6 heteroatoms. The molecule has 0 spiro atoms. The number of hydrogen-bond donors (Lipinski definition) is 2. The number of hydrogen-bond acceptors (Lipinski definition) is 4. The summed E-state index contributed by atoms with van der Waals surface area (Å²) in [5, 5.41) is 2.61. The minimum absolute atomic E-state index is 0.134. The number of amides is 1. The summed E-state index contributed by atoms with van der Waals surface area (Å²) >= 11 is 3.41. The maximum atomic E-state index is 12.6. The summed E-state index contributed by atoms with van der Waals surface area (Å²) in [5.41, 5.74) is 6.43. The van der Waals surface area contributed by atoms with Gasteiger partial charge in [-0.25, -0.2) is 4.99 Å². The lowest BCUT2D eigenvalue weighted by Crippen LogP contribution is -2.40. The largest absolute Gasteiger partial charge is 0.497 e. The SMILES string of the molecule is COc1cccc([C@]2(Cc3ccc(Br)cc3)N=C(N)NC2=O)c1. The van der Waals surface area contributed by atoms with Gasteiger partial charge in [0.1, 0.15) is 5.75 Å². The van der Waals surface area contributed by atoms with Crippen molar-refractivity contribution < 1.29 is 9.53 Å². The molecule has 3 rings (SSSR count). The molecule has 0 radical (unpaired) electrons. The topological polar surface area (TPSA) is 76.7 Å². The first-order valence-electron chi connectivity index (χ1n) is 7.09. The van der Waals surface area contributed by atoms with Gasteiger partial charge in [0.2, 0.25) is 0 Å². The Labute approximate surface area is 142 Å². The number of benzene rings is 2. The summed E-state index contributed by atoms with van der Waals surface area (Å²) in [7, 11) is 1.59. The second-order valence-electron chi connectivity index (χ2n) is 5.35. The zero-order chi connectivity index (χ0) is 16.4. The molecular weight excluding hydrogens is 358 g/mol. The van der Waals surface area contributed by atoms with E-state index >= 15 is 0 Å². The summed E-state index contributed by atoms with van der Waals surface area (Å²) in [4.78, 5) is 17.1. The van der Waals surface area contributed by atoms with Gasteiger partial charge in [0, 0.05) is 10.9 Å². The first kappa shape index (κ1) is 15.6. The standard InChI is InChI=1S/C17H16BrN3O2/c1-23-14-4-2-3-12(9-14)17(15(22)20-16(19)21-17)10-11-5-7-13(18)8-6-11/h2-9H,10H2,1H3,(H3,19,20,21,22)/t17-/m0/s1. The van der Waals surface area contributed by atoms with Crippen LogP contribution in [0, 0.1) is 0 Å². The molecule has 1 amide bonds. The van der Waals surface area contributed by atoms with Gasteiger partial charge in [0.25, 0.3) is 5.91 Å². The fourth-order valence-corrected chi connectivity index (χ4v) is 2.96. The van der Waals surface area contributed by atoms with Crippen molar-refractivity contribution in [3.63, 3.8) is 0 Å². The van der Waals surface area contributed by atoms with E-state index in [0.717, 1.165) is 15.6 Å². The summed E-state index contributed by atoms with van der Waals surface area (Å²) in [6.45, 7) is 0. The van der Waals surface area contributed by atoms with Gasteiger partial charge in [0.05, 0.1) is 7.11 Å². The van der Waals surface area contributed by atoms with Crippen LogP contribution in [-0.4, -0.2) is 19.0 Å². The van der Waals surface area contributed by atoms with Crippen LogP contribution in [0.3, 0.4) is 0 Å². The second-order valence-corrected chi connectivity index (χ2v) is 6.26. The predicted octanol–water partition coefficient (Wildman–Crippen LogP) is 2.34. The highest BCUT2D eigenvalue weighted by molar-refractivity contribution is 9.10.